The lowest BCUT2D eigenvalue weighted by Crippen LogP contribution is -2.17. The zero-order valence-electron chi connectivity index (χ0n) is 17.1. The highest BCUT2D eigenvalue weighted by Gasteiger charge is 2.27. The number of rotatable bonds is 12. The lowest BCUT2D eigenvalue weighted by Gasteiger charge is -2.10. The summed E-state index contributed by atoms with van der Waals surface area (Å²) in [7, 11) is 0. The Bertz CT molecular complexity index is 933. The molecule has 0 saturated heterocycles. The largest absolute Gasteiger partial charge is 0.411 e. The molecule has 0 aliphatic carbocycles. The summed E-state index contributed by atoms with van der Waals surface area (Å²) in [5, 5.41) is 0.869. The molecule has 5 nitrogen and oxygen atoms in total. The molecule has 0 spiro atoms. The molecule has 0 aliphatic rings. The number of hydrogen-bond acceptors (Lipinski definition) is 6. The molecule has 1 aromatic carbocycles. The highest BCUT2D eigenvalue weighted by Crippen LogP contribution is 2.28. The van der Waals surface area contributed by atoms with Crippen molar-refractivity contribution >= 4 is 34.6 Å². The Morgan fingerprint density at radius 1 is 1.03 bits per heavy atom. The number of thioether (sulfide) groups is 2. The van der Waals surface area contributed by atoms with Crippen molar-refractivity contribution < 1.29 is 22.6 Å². The lowest BCUT2D eigenvalue weighted by atomic mass is 10.2. The van der Waals surface area contributed by atoms with Crippen LogP contribution in [0.4, 0.5) is 13.2 Å². The molecule has 2 heterocycles. The predicted molar refractivity (Wildman–Crippen MR) is 118 cm³/mol. The van der Waals surface area contributed by atoms with E-state index in [1.807, 2.05) is 36.5 Å². The average molecular weight is 472 g/mol. The van der Waals surface area contributed by atoms with Crippen LogP contribution >= 0.6 is 23.5 Å². The first-order valence-electron chi connectivity index (χ1n) is 9.79. The first kappa shape index (κ1) is 23.9. The number of imidazole rings is 1. The first-order chi connectivity index (χ1) is 14.9. The van der Waals surface area contributed by atoms with Crippen molar-refractivity contribution in [3.8, 4) is 0 Å². The van der Waals surface area contributed by atoms with E-state index in [0.29, 0.717) is 25.4 Å². The van der Waals surface area contributed by atoms with Crippen LogP contribution in [0.1, 0.15) is 17.7 Å². The number of pyridine rings is 1. The van der Waals surface area contributed by atoms with E-state index in [1.54, 1.807) is 23.5 Å². The van der Waals surface area contributed by atoms with Crippen LogP contribution in [0.3, 0.4) is 0 Å². The number of nitrogens with zero attached hydrogens (tertiary/aromatic N) is 2. The maximum Gasteiger partial charge on any atom is 0.411 e. The molecule has 0 amide bonds. The molecule has 31 heavy (non-hydrogen) atoms. The van der Waals surface area contributed by atoms with Crippen molar-refractivity contribution in [3.63, 3.8) is 0 Å². The quantitative estimate of drug-likeness (QED) is 0.273. The third-order valence-electron chi connectivity index (χ3n) is 4.30. The number of benzene rings is 1. The summed E-state index contributed by atoms with van der Waals surface area (Å²) in [5.74, 6) is 1.47. The van der Waals surface area contributed by atoms with Gasteiger partial charge in [-0.05, 0) is 37.1 Å². The number of halogens is 3. The van der Waals surface area contributed by atoms with E-state index < -0.39 is 12.8 Å². The number of nitrogens with one attached hydrogen (secondary N) is 1. The molecule has 2 aromatic heterocycles. The molecule has 0 saturated carbocycles. The van der Waals surface area contributed by atoms with E-state index in [1.165, 1.54) is 0 Å². The Morgan fingerprint density at radius 2 is 1.84 bits per heavy atom. The average Bonchev–Trinajstić information content (AvgIpc) is 3.15. The molecule has 0 bridgehead atoms. The zero-order valence-corrected chi connectivity index (χ0v) is 18.7. The summed E-state index contributed by atoms with van der Waals surface area (Å²) in [5.41, 5.74) is 4.12. The van der Waals surface area contributed by atoms with Crippen LogP contribution in [-0.4, -0.2) is 53.3 Å². The van der Waals surface area contributed by atoms with E-state index in [0.717, 1.165) is 38.1 Å². The van der Waals surface area contributed by atoms with Crippen LogP contribution in [0.2, 0.25) is 0 Å². The van der Waals surface area contributed by atoms with Crippen LogP contribution in [0.5, 0.6) is 0 Å². The fraction of sp³-hybridized carbons (Fsp3) is 0.429. The van der Waals surface area contributed by atoms with Crippen molar-refractivity contribution in [1.29, 1.82) is 0 Å². The zero-order chi connectivity index (χ0) is 22.1. The normalized spacial score (nSPS) is 12.0. The number of para-hydroxylation sites is 2. The van der Waals surface area contributed by atoms with Gasteiger partial charge >= 0.3 is 6.18 Å². The van der Waals surface area contributed by atoms with Gasteiger partial charge in [0.25, 0.3) is 0 Å². The Hall–Kier alpha value is -1.75. The van der Waals surface area contributed by atoms with Crippen molar-refractivity contribution in [1.82, 2.24) is 15.0 Å². The number of alkyl halides is 3. The molecule has 0 fully saturated rings. The second-order valence-electron chi connectivity index (χ2n) is 6.71. The minimum atomic E-state index is -4.27. The van der Waals surface area contributed by atoms with E-state index in [-0.39, 0.29) is 6.61 Å². The van der Waals surface area contributed by atoms with Gasteiger partial charge in [0.15, 0.2) is 5.16 Å². The van der Waals surface area contributed by atoms with E-state index >= 15 is 0 Å². The highest BCUT2D eigenvalue weighted by molar-refractivity contribution is 7.99. The summed E-state index contributed by atoms with van der Waals surface area (Å²) in [6.07, 6.45) is -2.02. The fourth-order valence-corrected chi connectivity index (χ4v) is 4.58. The number of fused-ring (bicyclic) bond motifs is 1. The molecule has 0 unspecified atom stereocenters. The molecular formula is C21H24F3N3O2S2. The summed E-state index contributed by atoms with van der Waals surface area (Å²) in [6.45, 7) is 1.80. The highest BCUT2D eigenvalue weighted by atomic mass is 32.2. The monoisotopic (exact) mass is 471 g/mol. The van der Waals surface area contributed by atoms with Crippen LogP contribution in [0, 0.1) is 6.92 Å². The second kappa shape index (κ2) is 11.8. The Labute approximate surface area is 187 Å². The van der Waals surface area contributed by atoms with Gasteiger partial charge in [-0.25, -0.2) is 4.98 Å². The number of aromatic amines is 1. The van der Waals surface area contributed by atoms with Crippen molar-refractivity contribution in [2.24, 2.45) is 0 Å². The summed E-state index contributed by atoms with van der Waals surface area (Å²) in [6, 6.07) is 9.92. The van der Waals surface area contributed by atoms with Gasteiger partial charge in [0.1, 0.15) is 6.61 Å². The lowest BCUT2D eigenvalue weighted by molar-refractivity contribution is -0.174. The van der Waals surface area contributed by atoms with Gasteiger partial charge in [-0.2, -0.15) is 13.2 Å². The molecular weight excluding hydrogens is 447 g/mol. The van der Waals surface area contributed by atoms with Crippen LogP contribution < -0.4 is 0 Å². The Kier molecular flexibility index (Phi) is 9.06. The van der Waals surface area contributed by atoms with Gasteiger partial charge in [-0.15, -0.1) is 11.8 Å². The van der Waals surface area contributed by atoms with Gasteiger partial charge in [0, 0.05) is 35.8 Å². The predicted octanol–water partition coefficient (Wildman–Crippen LogP) is 5.64. The molecule has 1 N–H and O–H groups in total. The standard InChI is InChI=1S/C21H24F3N3O2S2/c1-15-18(13-31-20-26-16-5-2-3-6-17(16)27-20)25-8-7-19(15)30-12-11-28-9-4-10-29-14-21(22,23)24/h2-3,5-8H,4,9-14H2,1H3,(H,26,27). The third kappa shape index (κ3) is 8.03. The molecule has 168 valence electrons. The van der Waals surface area contributed by atoms with E-state index in [4.69, 9.17) is 4.74 Å². The van der Waals surface area contributed by atoms with Gasteiger partial charge < -0.3 is 14.5 Å². The number of aromatic nitrogens is 3. The smallest absolute Gasteiger partial charge is 0.380 e. The Balaban J connectivity index is 1.37. The summed E-state index contributed by atoms with van der Waals surface area (Å²) in [4.78, 5) is 13.5. The molecule has 0 aliphatic heterocycles. The maximum absolute atomic E-state index is 12.0. The molecule has 3 aromatic rings. The van der Waals surface area contributed by atoms with Gasteiger partial charge in [-0.1, -0.05) is 23.9 Å². The van der Waals surface area contributed by atoms with Gasteiger partial charge in [0.2, 0.25) is 0 Å². The fourth-order valence-electron chi connectivity index (χ4n) is 2.76. The topological polar surface area (TPSA) is 60.0 Å². The van der Waals surface area contributed by atoms with Gasteiger partial charge in [-0.3, -0.25) is 4.98 Å². The van der Waals surface area contributed by atoms with Crippen molar-refractivity contribution in [2.45, 2.75) is 35.3 Å². The van der Waals surface area contributed by atoms with Gasteiger partial charge in [0.05, 0.1) is 23.3 Å². The SMILES string of the molecule is Cc1c(SCCOCCCOCC(F)(F)F)ccnc1CSc1nc2ccccc2[nH]1. The van der Waals surface area contributed by atoms with E-state index in [9.17, 15) is 13.2 Å². The van der Waals surface area contributed by atoms with Crippen molar-refractivity contribution in [2.75, 3.05) is 32.2 Å². The number of hydrogen-bond donors (Lipinski definition) is 1. The van der Waals surface area contributed by atoms with E-state index in [2.05, 4.69) is 26.6 Å². The Morgan fingerprint density at radius 3 is 2.65 bits per heavy atom. The molecule has 10 heteroatoms. The van der Waals surface area contributed by atoms with Crippen molar-refractivity contribution in [3.05, 3.63) is 47.8 Å². The number of ether oxygens (including phenoxy) is 2. The number of H-pyrrole nitrogens is 1. The minimum Gasteiger partial charge on any atom is -0.380 e. The maximum atomic E-state index is 12.0. The summed E-state index contributed by atoms with van der Waals surface area (Å²) < 4.78 is 45.9. The van der Waals surface area contributed by atoms with Crippen LogP contribution in [0.25, 0.3) is 11.0 Å². The molecule has 3 rings (SSSR count). The first-order valence-corrected chi connectivity index (χ1v) is 11.8. The van der Waals surface area contributed by atoms with Crippen LogP contribution in [0.15, 0.2) is 46.6 Å². The second-order valence-corrected chi connectivity index (χ2v) is 8.81. The third-order valence-corrected chi connectivity index (χ3v) is 6.31. The molecule has 0 radical (unpaired) electrons. The minimum absolute atomic E-state index is 0.0440. The van der Waals surface area contributed by atoms with Crippen LogP contribution in [-0.2, 0) is 15.2 Å². The summed E-state index contributed by atoms with van der Waals surface area (Å²) >= 11 is 3.30. The molecule has 0 atom stereocenters.